The molecule has 1 heterocycles. The molecule has 0 atom stereocenters. The SMILES string of the molecule is O=C(c1ccc2c(c1)CCCN2)c1ccc(F)c(F)c1F. The molecule has 0 radical (unpaired) electrons. The van der Waals surface area contributed by atoms with Gasteiger partial charge in [-0.3, -0.25) is 4.79 Å². The number of hydrogen-bond donors (Lipinski definition) is 1. The van der Waals surface area contributed by atoms with Gasteiger partial charge in [0, 0.05) is 17.8 Å². The number of carbonyl (C=O) groups is 1. The maximum absolute atomic E-state index is 13.7. The summed E-state index contributed by atoms with van der Waals surface area (Å²) in [6, 6.07) is 6.70. The van der Waals surface area contributed by atoms with Gasteiger partial charge in [-0.2, -0.15) is 0 Å². The van der Waals surface area contributed by atoms with Crippen LogP contribution in [0.25, 0.3) is 0 Å². The van der Waals surface area contributed by atoms with E-state index in [2.05, 4.69) is 5.32 Å². The molecule has 0 fully saturated rings. The Hall–Kier alpha value is -2.30. The van der Waals surface area contributed by atoms with Gasteiger partial charge in [-0.1, -0.05) is 0 Å². The summed E-state index contributed by atoms with van der Waals surface area (Å²) >= 11 is 0. The molecule has 3 rings (SSSR count). The van der Waals surface area contributed by atoms with Crippen molar-refractivity contribution in [3.05, 3.63) is 64.5 Å². The Morgan fingerprint density at radius 1 is 1.05 bits per heavy atom. The van der Waals surface area contributed by atoms with Gasteiger partial charge in [0.2, 0.25) is 0 Å². The largest absolute Gasteiger partial charge is 0.385 e. The number of halogens is 3. The van der Waals surface area contributed by atoms with Crippen molar-refractivity contribution in [1.29, 1.82) is 0 Å². The van der Waals surface area contributed by atoms with Gasteiger partial charge in [0.05, 0.1) is 5.56 Å². The van der Waals surface area contributed by atoms with Crippen LogP contribution in [0.4, 0.5) is 18.9 Å². The van der Waals surface area contributed by atoms with Gasteiger partial charge in [-0.15, -0.1) is 0 Å². The number of benzene rings is 2. The van der Waals surface area contributed by atoms with Gasteiger partial charge in [-0.05, 0) is 48.7 Å². The zero-order valence-electron chi connectivity index (χ0n) is 11.1. The molecule has 0 saturated heterocycles. The lowest BCUT2D eigenvalue weighted by Crippen LogP contribution is -2.13. The molecule has 0 saturated carbocycles. The van der Waals surface area contributed by atoms with E-state index >= 15 is 0 Å². The highest BCUT2D eigenvalue weighted by Gasteiger charge is 2.21. The molecule has 5 heteroatoms. The first-order valence-corrected chi connectivity index (χ1v) is 6.63. The number of rotatable bonds is 2. The van der Waals surface area contributed by atoms with Crippen LogP contribution in [0.5, 0.6) is 0 Å². The average molecular weight is 291 g/mol. The molecule has 2 aromatic rings. The predicted octanol–water partition coefficient (Wildman–Crippen LogP) is 3.69. The van der Waals surface area contributed by atoms with Crippen molar-refractivity contribution in [2.24, 2.45) is 0 Å². The van der Waals surface area contributed by atoms with Crippen LogP contribution in [0, 0.1) is 17.5 Å². The van der Waals surface area contributed by atoms with E-state index in [-0.39, 0.29) is 5.56 Å². The fourth-order valence-corrected chi connectivity index (χ4v) is 2.47. The fourth-order valence-electron chi connectivity index (χ4n) is 2.47. The highest BCUT2D eigenvalue weighted by Crippen LogP contribution is 2.25. The standard InChI is InChI=1S/C16H12F3NO/c17-12-5-4-11(14(18)15(12)19)16(21)10-3-6-13-9(8-10)2-1-7-20-13/h3-6,8,20H,1-2,7H2. The van der Waals surface area contributed by atoms with Gasteiger partial charge in [0.25, 0.3) is 0 Å². The molecule has 0 aromatic heterocycles. The molecule has 0 amide bonds. The summed E-state index contributed by atoms with van der Waals surface area (Å²) in [5.41, 5.74) is 1.72. The summed E-state index contributed by atoms with van der Waals surface area (Å²) in [4.78, 5) is 12.3. The number of aryl methyl sites for hydroxylation is 1. The average Bonchev–Trinajstić information content (AvgIpc) is 2.52. The van der Waals surface area contributed by atoms with Crippen molar-refractivity contribution in [3.8, 4) is 0 Å². The molecular weight excluding hydrogens is 279 g/mol. The highest BCUT2D eigenvalue weighted by atomic mass is 19.2. The van der Waals surface area contributed by atoms with Gasteiger partial charge < -0.3 is 5.32 Å². The van der Waals surface area contributed by atoms with Gasteiger partial charge >= 0.3 is 0 Å². The van der Waals surface area contributed by atoms with Crippen molar-refractivity contribution in [2.75, 3.05) is 11.9 Å². The summed E-state index contributed by atoms with van der Waals surface area (Å²) in [6.45, 7) is 0.873. The summed E-state index contributed by atoms with van der Waals surface area (Å²) in [5, 5.41) is 3.20. The summed E-state index contributed by atoms with van der Waals surface area (Å²) in [5.74, 6) is -5.03. The van der Waals surface area contributed by atoms with E-state index in [0.717, 1.165) is 42.8 Å². The molecule has 0 aliphatic carbocycles. The fraction of sp³-hybridized carbons (Fsp3) is 0.188. The third kappa shape index (κ3) is 2.39. The first-order chi connectivity index (χ1) is 10.1. The molecule has 1 aliphatic heterocycles. The summed E-state index contributed by atoms with van der Waals surface area (Å²) < 4.78 is 39.8. The summed E-state index contributed by atoms with van der Waals surface area (Å²) in [7, 11) is 0. The van der Waals surface area contributed by atoms with Crippen molar-refractivity contribution in [2.45, 2.75) is 12.8 Å². The molecule has 21 heavy (non-hydrogen) atoms. The second-order valence-corrected chi connectivity index (χ2v) is 4.95. The van der Waals surface area contributed by atoms with Gasteiger partial charge in [-0.25, -0.2) is 13.2 Å². The number of anilines is 1. The second-order valence-electron chi connectivity index (χ2n) is 4.95. The van der Waals surface area contributed by atoms with Crippen LogP contribution in [-0.4, -0.2) is 12.3 Å². The maximum Gasteiger partial charge on any atom is 0.196 e. The van der Waals surface area contributed by atoms with E-state index in [1.807, 2.05) is 0 Å². The Balaban J connectivity index is 2.01. The van der Waals surface area contributed by atoms with E-state index in [0.29, 0.717) is 0 Å². The maximum atomic E-state index is 13.7. The molecule has 2 nitrogen and oxygen atoms in total. The Morgan fingerprint density at radius 2 is 1.86 bits per heavy atom. The van der Waals surface area contributed by atoms with Crippen LogP contribution in [0.15, 0.2) is 30.3 Å². The van der Waals surface area contributed by atoms with Crippen molar-refractivity contribution in [3.63, 3.8) is 0 Å². The van der Waals surface area contributed by atoms with E-state index in [1.54, 1.807) is 18.2 Å². The molecule has 0 spiro atoms. The molecule has 2 aromatic carbocycles. The molecule has 1 N–H and O–H groups in total. The third-order valence-corrected chi connectivity index (χ3v) is 3.59. The third-order valence-electron chi connectivity index (χ3n) is 3.59. The first-order valence-electron chi connectivity index (χ1n) is 6.63. The molecule has 108 valence electrons. The van der Waals surface area contributed by atoms with Crippen LogP contribution in [0.2, 0.25) is 0 Å². The quantitative estimate of drug-likeness (QED) is 0.675. The Labute approximate surface area is 119 Å². The first kappa shape index (κ1) is 13.7. The number of fused-ring (bicyclic) bond motifs is 1. The minimum Gasteiger partial charge on any atom is -0.385 e. The van der Waals surface area contributed by atoms with E-state index in [1.165, 1.54) is 0 Å². The van der Waals surface area contributed by atoms with Crippen LogP contribution in [-0.2, 0) is 6.42 Å². The van der Waals surface area contributed by atoms with Crippen molar-refractivity contribution >= 4 is 11.5 Å². The molecule has 0 unspecified atom stereocenters. The van der Waals surface area contributed by atoms with Crippen LogP contribution < -0.4 is 5.32 Å². The Bertz CT molecular complexity index is 728. The summed E-state index contributed by atoms with van der Waals surface area (Å²) in [6.07, 6.45) is 1.77. The van der Waals surface area contributed by atoms with E-state index < -0.39 is 28.8 Å². The molecular formula is C16H12F3NO. The van der Waals surface area contributed by atoms with Crippen molar-refractivity contribution in [1.82, 2.24) is 0 Å². The van der Waals surface area contributed by atoms with Gasteiger partial charge in [0.1, 0.15) is 0 Å². The van der Waals surface area contributed by atoms with E-state index in [9.17, 15) is 18.0 Å². The lowest BCUT2D eigenvalue weighted by Gasteiger charge is -2.18. The van der Waals surface area contributed by atoms with E-state index in [4.69, 9.17) is 0 Å². The van der Waals surface area contributed by atoms with Crippen LogP contribution in [0.3, 0.4) is 0 Å². The topological polar surface area (TPSA) is 29.1 Å². The van der Waals surface area contributed by atoms with Crippen LogP contribution in [0.1, 0.15) is 27.9 Å². The molecule has 0 bridgehead atoms. The lowest BCUT2D eigenvalue weighted by atomic mass is 9.96. The Morgan fingerprint density at radius 3 is 2.67 bits per heavy atom. The minimum absolute atomic E-state index is 0.266. The number of ketones is 1. The number of hydrogen-bond acceptors (Lipinski definition) is 2. The highest BCUT2D eigenvalue weighted by molar-refractivity contribution is 6.09. The smallest absolute Gasteiger partial charge is 0.196 e. The monoisotopic (exact) mass is 291 g/mol. The second kappa shape index (κ2) is 5.24. The van der Waals surface area contributed by atoms with Crippen molar-refractivity contribution < 1.29 is 18.0 Å². The predicted molar refractivity (Wildman–Crippen MR) is 73.0 cm³/mol. The Kier molecular flexibility index (Phi) is 3.41. The minimum atomic E-state index is -1.62. The zero-order chi connectivity index (χ0) is 15.0. The van der Waals surface area contributed by atoms with Gasteiger partial charge in [0.15, 0.2) is 23.2 Å². The van der Waals surface area contributed by atoms with Crippen LogP contribution >= 0.6 is 0 Å². The normalized spacial score (nSPS) is 13.5. The lowest BCUT2D eigenvalue weighted by molar-refractivity contribution is 0.103. The molecule has 1 aliphatic rings. The number of carbonyl (C=O) groups excluding carboxylic acids is 1. The number of nitrogens with one attached hydrogen (secondary N) is 1. The zero-order valence-corrected chi connectivity index (χ0v) is 11.1.